The molecule has 0 heterocycles. The van der Waals surface area contributed by atoms with Gasteiger partial charge in [-0.05, 0) is 73.9 Å². The lowest BCUT2D eigenvalue weighted by molar-refractivity contribution is 0.601. The van der Waals surface area contributed by atoms with Crippen molar-refractivity contribution in [2.75, 3.05) is 15.4 Å². The first kappa shape index (κ1) is 22.1. The van der Waals surface area contributed by atoms with E-state index in [1.807, 2.05) is 45.0 Å². The quantitative estimate of drug-likeness (QED) is 0.416. The number of sulfonamides is 1. The molecule has 0 saturated heterocycles. The molecule has 3 aromatic carbocycles. The zero-order chi connectivity index (χ0) is 21.9. The molecule has 0 bridgehead atoms. The van der Waals surface area contributed by atoms with E-state index in [4.69, 9.17) is 23.8 Å². The average Bonchev–Trinajstić information content (AvgIpc) is 2.68. The van der Waals surface area contributed by atoms with Gasteiger partial charge >= 0.3 is 0 Å². The Morgan fingerprint density at radius 1 is 0.867 bits per heavy atom. The summed E-state index contributed by atoms with van der Waals surface area (Å²) in [5, 5.41) is 6.79. The van der Waals surface area contributed by atoms with E-state index < -0.39 is 10.0 Å². The number of nitrogens with one attached hydrogen (secondary N) is 3. The lowest BCUT2D eigenvalue weighted by Gasteiger charge is -2.18. The molecular formula is C22H22ClN3O2S2. The fraction of sp³-hybridized carbons (Fsp3) is 0.136. The largest absolute Gasteiger partial charge is 0.332 e. The molecule has 0 amide bonds. The summed E-state index contributed by atoms with van der Waals surface area (Å²) in [7, 11) is -3.91. The van der Waals surface area contributed by atoms with Crippen molar-refractivity contribution in [1.29, 1.82) is 0 Å². The molecular weight excluding hydrogens is 438 g/mol. The monoisotopic (exact) mass is 459 g/mol. The Balaban J connectivity index is 1.90. The van der Waals surface area contributed by atoms with E-state index in [0.29, 0.717) is 21.5 Å². The van der Waals surface area contributed by atoms with E-state index in [1.54, 1.807) is 36.4 Å². The topological polar surface area (TPSA) is 70.2 Å². The van der Waals surface area contributed by atoms with Crippen molar-refractivity contribution in [1.82, 2.24) is 0 Å². The van der Waals surface area contributed by atoms with Crippen LogP contribution in [0.1, 0.15) is 16.7 Å². The van der Waals surface area contributed by atoms with Crippen LogP contribution in [0.15, 0.2) is 65.6 Å². The summed E-state index contributed by atoms with van der Waals surface area (Å²) < 4.78 is 28.8. The van der Waals surface area contributed by atoms with Crippen molar-refractivity contribution in [2.24, 2.45) is 0 Å². The van der Waals surface area contributed by atoms with E-state index in [0.717, 1.165) is 22.4 Å². The Bertz CT molecular complexity index is 1190. The Hall–Kier alpha value is -2.61. The van der Waals surface area contributed by atoms with Gasteiger partial charge in [-0.2, -0.15) is 0 Å². The first-order valence-corrected chi connectivity index (χ1v) is 11.5. The number of halogens is 1. The van der Waals surface area contributed by atoms with Crippen LogP contribution in [0, 0.1) is 20.8 Å². The number of hydrogen-bond acceptors (Lipinski definition) is 3. The predicted molar refractivity (Wildman–Crippen MR) is 129 cm³/mol. The fourth-order valence-corrected chi connectivity index (χ4v) is 4.76. The molecule has 0 aliphatic heterocycles. The third-order valence-corrected chi connectivity index (χ3v) is 6.45. The zero-order valence-electron chi connectivity index (χ0n) is 16.8. The second-order valence-corrected chi connectivity index (χ2v) is 9.40. The Labute approximate surface area is 187 Å². The molecule has 8 heteroatoms. The number of rotatable bonds is 5. The van der Waals surface area contributed by atoms with Crippen molar-refractivity contribution < 1.29 is 8.42 Å². The van der Waals surface area contributed by atoms with Crippen molar-refractivity contribution >= 4 is 56.0 Å². The lowest BCUT2D eigenvalue weighted by atomic mass is 10.1. The van der Waals surface area contributed by atoms with Gasteiger partial charge in [-0.1, -0.05) is 48.0 Å². The van der Waals surface area contributed by atoms with Gasteiger partial charge in [0, 0.05) is 5.69 Å². The van der Waals surface area contributed by atoms with Gasteiger partial charge in [0.15, 0.2) is 5.11 Å². The highest BCUT2D eigenvalue weighted by Crippen LogP contribution is 2.29. The van der Waals surface area contributed by atoms with Crippen LogP contribution in [0.4, 0.5) is 17.1 Å². The first-order chi connectivity index (χ1) is 14.2. The summed E-state index contributed by atoms with van der Waals surface area (Å²) >= 11 is 11.6. The minimum Gasteiger partial charge on any atom is -0.332 e. The molecule has 5 nitrogen and oxygen atoms in total. The fourth-order valence-electron chi connectivity index (χ4n) is 2.98. The van der Waals surface area contributed by atoms with Gasteiger partial charge in [0.1, 0.15) is 4.90 Å². The van der Waals surface area contributed by atoms with E-state index in [9.17, 15) is 8.42 Å². The number of benzene rings is 3. The SMILES string of the molecule is Cc1ccc(NC(=S)Nc2c(C)cccc2C)c(S(=O)(=O)Nc2ccccc2Cl)c1. The summed E-state index contributed by atoms with van der Waals surface area (Å²) in [6, 6.07) is 17.7. The van der Waals surface area contributed by atoms with Gasteiger partial charge < -0.3 is 10.6 Å². The maximum absolute atomic E-state index is 13.1. The maximum atomic E-state index is 13.1. The maximum Gasteiger partial charge on any atom is 0.264 e. The average molecular weight is 460 g/mol. The number of aryl methyl sites for hydroxylation is 3. The van der Waals surface area contributed by atoms with Crippen molar-refractivity contribution in [2.45, 2.75) is 25.7 Å². The van der Waals surface area contributed by atoms with Gasteiger partial charge in [0.05, 0.1) is 16.4 Å². The molecule has 156 valence electrons. The molecule has 0 atom stereocenters. The van der Waals surface area contributed by atoms with E-state index in [-0.39, 0.29) is 4.90 Å². The van der Waals surface area contributed by atoms with Gasteiger partial charge in [-0.25, -0.2) is 8.42 Å². The normalized spacial score (nSPS) is 11.1. The van der Waals surface area contributed by atoms with E-state index >= 15 is 0 Å². The Morgan fingerprint density at radius 3 is 2.20 bits per heavy atom. The number of thiocarbonyl (C=S) groups is 1. The summed E-state index contributed by atoms with van der Waals surface area (Å²) in [4.78, 5) is 0.0769. The molecule has 0 saturated carbocycles. The Morgan fingerprint density at radius 2 is 1.53 bits per heavy atom. The molecule has 0 fully saturated rings. The van der Waals surface area contributed by atoms with Crippen LogP contribution in [0.3, 0.4) is 0 Å². The third-order valence-electron chi connectivity index (χ3n) is 4.51. The molecule has 0 aromatic heterocycles. The van der Waals surface area contributed by atoms with Crippen molar-refractivity contribution in [3.63, 3.8) is 0 Å². The third kappa shape index (κ3) is 5.11. The predicted octanol–water partition coefficient (Wildman–Crippen LogP) is 5.87. The molecule has 30 heavy (non-hydrogen) atoms. The smallest absolute Gasteiger partial charge is 0.264 e. The van der Waals surface area contributed by atoms with Gasteiger partial charge in [-0.15, -0.1) is 0 Å². The van der Waals surface area contributed by atoms with Crippen LogP contribution in [-0.2, 0) is 10.0 Å². The van der Waals surface area contributed by atoms with Gasteiger partial charge in [0.2, 0.25) is 0 Å². The first-order valence-electron chi connectivity index (χ1n) is 9.19. The molecule has 3 N–H and O–H groups in total. The lowest BCUT2D eigenvalue weighted by Crippen LogP contribution is -2.23. The van der Waals surface area contributed by atoms with Crippen molar-refractivity contribution in [3.8, 4) is 0 Å². The molecule has 0 unspecified atom stereocenters. The van der Waals surface area contributed by atoms with Gasteiger partial charge in [-0.3, -0.25) is 4.72 Å². The molecule has 0 aliphatic carbocycles. The molecule has 3 rings (SSSR count). The van der Waals surface area contributed by atoms with Crippen LogP contribution < -0.4 is 15.4 Å². The highest BCUT2D eigenvalue weighted by Gasteiger charge is 2.21. The van der Waals surface area contributed by atoms with Crippen LogP contribution in [0.25, 0.3) is 0 Å². The summed E-state index contributed by atoms with van der Waals surface area (Å²) in [5.41, 5.74) is 4.44. The number of anilines is 3. The van der Waals surface area contributed by atoms with Crippen LogP contribution in [-0.4, -0.2) is 13.5 Å². The van der Waals surface area contributed by atoms with Crippen LogP contribution in [0.2, 0.25) is 5.02 Å². The summed E-state index contributed by atoms with van der Waals surface area (Å²) in [5.74, 6) is 0. The number of hydrogen-bond donors (Lipinski definition) is 3. The van der Waals surface area contributed by atoms with Gasteiger partial charge in [0.25, 0.3) is 10.0 Å². The van der Waals surface area contributed by atoms with Crippen LogP contribution in [0.5, 0.6) is 0 Å². The molecule has 0 radical (unpaired) electrons. The standard InChI is InChI=1S/C22H22ClN3O2S2/c1-14-11-12-19(24-22(29)25-21-15(2)7-6-8-16(21)3)20(13-14)30(27,28)26-18-10-5-4-9-17(18)23/h4-13,26H,1-3H3,(H2,24,25,29). The summed E-state index contributed by atoms with van der Waals surface area (Å²) in [6.45, 7) is 5.78. The van der Waals surface area contributed by atoms with E-state index in [2.05, 4.69) is 15.4 Å². The highest BCUT2D eigenvalue weighted by molar-refractivity contribution is 7.93. The van der Waals surface area contributed by atoms with Crippen molar-refractivity contribution in [3.05, 3.63) is 82.4 Å². The minimum atomic E-state index is -3.91. The van der Waals surface area contributed by atoms with Crippen LogP contribution >= 0.6 is 23.8 Å². The molecule has 0 spiro atoms. The molecule has 0 aliphatic rings. The second-order valence-electron chi connectivity index (χ2n) is 6.93. The van der Waals surface area contributed by atoms with E-state index in [1.165, 1.54) is 0 Å². The number of para-hydroxylation sites is 2. The second kappa shape index (κ2) is 9.04. The highest BCUT2D eigenvalue weighted by atomic mass is 35.5. The minimum absolute atomic E-state index is 0.0769. The molecule has 3 aromatic rings. The Kier molecular flexibility index (Phi) is 6.65. The zero-order valence-corrected chi connectivity index (χ0v) is 19.2. The summed E-state index contributed by atoms with van der Waals surface area (Å²) in [6.07, 6.45) is 0.